The third kappa shape index (κ3) is 3.44. The molecular weight excluding hydrogens is 277 g/mol. The van der Waals surface area contributed by atoms with Crippen LogP contribution in [0, 0.1) is 5.82 Å². The van der Waals surface area contributed by atoms with E-state index in [9.17, 15) is 14.0 Å². The van der Waals surface area contributed by atoms with Crippen molar-refractivity contribution in [3.05, 3.63) is 53.1 Å². The van der Waals surface area contributed by atoms with Crippen LogP contribution in [0.2, 0.25) is 0 Å². The topological polar surface area (TPSA) is 84.2 Å². The molecule has 2 aromatic rings. The summed E-state index contributed by atoms with van der Waals surface area (Å²) < 4.78 is 14.0. The van der Waals surface area contributed by atoms with E-state index in [1.807, 2.05) is 0 Å². The molecule has 110 valence electrons. The summed E-state index contributed by atoms with van der Waals surface area (Å²) in [7, 11) is 1.50. The van der Waals surface area contributed by atoms with Crippen molar-refractivity contribution in [1.29, 1.82) is 0 Å². The number of nitrogens with one attached hydrogen (secondary N) is 1. The molecule has 0 saturated heterocycles. The lowest BCUT2D eigenvalue weighted by molar-refractivity contribution is 0.0690. The Morgan fingerprint density at radius 2 is 2.00 bits per heavy atom. The van der Waals surface area contributed by atoms with Gasteiger partial charge in [0.1, 0.15) is 17.1 Å². The molecule has 7 heteroatoms. The Kier molecular flexibility index (Phi) is 4.32. The highest BCUT2D eigenvalue weighted by atomic mass is 19.1. The number of carboxylic acid groups (broad SMARTS) is 1. The third-order valence-electron chi connectivity index (χ3n) is 3.00. The van der Waals surface area contributed by atoms with E-state index in [1.54, 1.807) is 12.1 Å². The lowest BCUT2D eigenvalue weighted by Crippen LogP contribution is -2.29. The number of carboxylic acids is 1. The van der Waals surface area contributed by atoms with Crippen molar-refractivity contribution in [2.75, 3.05) is 6.54 Å². The van der Waals surface area contributed by atoms with Gasteiger partial charge in [0.05, 0.1) is 6.20 Å². The molecule has 0 spiro atoms. The summed E-state index contributed by atoms with van der Waals surface area (Å²) in [6.45, 7) is 0.314. The normalized spacial score (nSPS) is 10.4. The highest BCUT2D eigenvalue weighted by Gasteiger charge is 2.21. The molecule has 21 heavy (non-hydrogen) atoms. The fraction of sp³-hybridized carbons (Fsp3) is 0.214. The van der Waals surface area contributed by atoms with Crippen LogP contribution in [0.1, 0.15) is 26.4 Å². The van der Waals surface area contributed by atoms with Crippen LogP contribution in [0.15, 0.2) is 30.5 Å². The van der Waals surface area contributed by atoms with Crippen molar-refractivity contribution in [3.63, 3.8) is 0 Å². The molecule has 6 nitrogen and oxygen atoms in total. The van der Waals surface area contributed by atoms with E-state index in [2.05, 4.69) is 10.4 Å². The Morgan fingerprint density at radius 1 is 1.33 bits per heavy atom. The van der Waals surface area contributed by atoms with E-state index in [0.717, 1.165) is 11.8 Å². The minimum absolute atomic E-state index is 0.00149. The minimum Gasteiger partial charge on any atom is -0.478 e. The van der Waals surface area contributed by atoms with Crippen LogP contribution in [-0.2, 0) is 13.5 Å². The number of amides is 1. The average Bonchev–Trinajstić information content (AvgIpc) is 2.83. The Hall–Kier alpha value is -2.70. The van der Waals surface area contributed by atoms with Gasteiger partial charge in [0.2, 0.25) is 0 Å². The van der Waals surface area contributed by atoms with Crippen LogP contribution in [0.3, 0.4) is 0 Å². The maximum Gasteiger partial charge on any atom is 0.339 e. The van der Waals surface area contributed by atoms with E-state index < -0.39 is 11.9 Å². The number of carbonyl (C=O) groups is 2. The van der Waals surface area contributed by atoms with E-state index in [0.29, 0.717) is 13.0 Å². The second-order valence-electron chi connectivity index (χ2n) is 4.47. The van der Waals surface area contributed by atoms with Crippen LogP contribution < -0.4 is 5.32 Å². The molecule has 0 radical (unpaired) electrons. The molecule has 0 atom stereocenters. The van der Waals surface area contributed by atoms with Gasteiger partial charge in [-0.25, -0.2) is 9.18 Å². The fourth-order valence-electron chi connectivity index (χ4n) is 1.92. The zero-order valence-electron chi connectivity index (χ0n) is 11.3. The Bertz CT molecular complexity index is 665. The number of aromatic nitrogens is 2. The Morgan fingerprint density at radius 3 is 2.62 bits per heavy atom. The van der Waals surface area contributed by atoms with Gasteiger partial charge in [-0.3, -0.25) is 9.48 Å². The molecule has 0 aliphatic heterocycles. The number of aryl methyl sites for hydroxylation is 1. The molecule has 0 unspecified atom stereocenters. The molecule has 0 aliphatic rings. The molecule has 2 N–H and O–H groups in total. The first-order valence-electron chi connectivity index (χ1n) is 6.27. The SMILES string of the molecule is Cn1ncc(C(=O)O)c1C(=O)NCCc1ccc(F)cc1. The smallest absolute Gasteiger partial charge is 0.339 e. The summed E-state index contributed by atoms with van der Waals surface area (Å²) in [5, 5.41) is 15.4. The Balaban J connectivity index is 1.98. The molecule has 0 fully saturated rings. The number of rotatable bonds is 5. The summed E-state index contributed by atoms with van der Waals surface area (Å²) in [5.74, 6) is -2.02. The number of aromatic carboxylic acids is 1. The van der Waals surface area contributed by atoms with Gasteiger partial charge in [0.25, 0.3) is 5.91 Å². The average molecular weight is 291 g/mol. The quantitative estimate of drug-likeness (QED) is 0.867. The third-order valence-corrected chi connectivity index (χ3v) is 3.00. The lowest BCUT2D eigenvalue weighted by atomic mass is 10.1. The maximum absolute atomic E-state index is 12.8. The van der Waals surface area contributed by atoms with Crippen molar-refractivity contribution in [2.45, 2.75) is 6.42 Å². The number of carbonyl (C=O) groups excluding carboxylic acids is 1. The van der Waals surface area contributed by atoms with Crippen LogP contribution in [-0.4, -0.2) is 33.3 Å². The minimum atomic E-state index is -1.20. The van der Waals surface area contributed by atoms with Gasteiger partial charge in [-0.2, -0.15) is 5.10 Å². The molecule has 0 aliphatic carbocycles. The first-order chi connectivity index (χ1) is 9.99. The van der Waals surface area contributed by atoms with Gasteiger partial charge >= 0.3 is 5.97 Å². The monoisotopic (exact) mass is 291 g/mol. The van der Waals surface area contributed by atoms with Crippen molar-refractivity contribution < 1.29 is 19.1 Å². The maximum atomic E-state index is 12.8. The summed E-state index contributed by atoms with van der Waals surface area (Å²) in [5.41, 5.74) is 0.735. The van der Waals surface area contributed by atoms with Crippen molar-refractivity contribution >= 4 is 11.9 Å². The Labute approximate surface area is 120 Å². The van der Waals surface area contributed by atoms with Crippen LogP contribution in [0.5, 0.6) is 0 Å². The molecule has 1 aromatic carbocycles. The highest BCUT2D eigenvalue weighted by Crippen LogP contribution is 2.08. The number of hydrogen-bond donors (Lipinski definition) is 2. The first kappa shape index (κ1) is 14.7. The van der Waals surface area contributed by atoms with E-state index in [1.165, 1.54) is 23.9 Å². The number of hydrogen-bond acceptors (Lipinski definition) is 3. The molecular formula is C14H14FN3O3. The molecule has 0 saturated carbocycles. The van der Waals surface area contributed by atoms with Crippen molar-refractivity contribution in [3.8, 4) is 0 Å². The van der Waals surface area contributed by atoms with E-state index in [-0.39, 0.29) is 17.1 Å². The first-order valence-corrected chi connectivity index (χ1v) is 6.27. The predicted molar refractivity (Wildman–Crippen MR) is 72.6 cm³/mol. The zero-order chi connectivity index (χ0) is 15.4. The molecule has 1 heterocycles. The second-order valence-corrected chi connectivity index (χ2v) is 4.47. The number of benzene rings is 1. The van der Waals surface area contributed by atoms with Crippen LogP contribution >= 0.6 is 0 Å². The molecule has 1 amide bonds. The van der Waals surface area contributed by atoms with E-state index >= 15 is 0 Å². The van der Waals surface area contributed by atoms with Crippen molar-refractivity contribution in [2.24, 2.45) is 7.05 Å². The second kappa shape index (κ2) is 6.17. The lowest BCUT2D eigenvalue weighted by Gasteiger charge is -2.06. The van der Waals surface area contributed by atoms with Gasteiger partial charge < -0.3 is 10.4 Å². The predicted octanol–water partition coefficient (Wildman–Crippen LogP) is 1.23. The number of nitrogens with zero attached hydrogens (tertiary/aromatic N) is 2. The molecule has 0 bridgehead atoms. The van der Waals surface area contributed by atoms with Crippen molar-refractivity contribution in [1.82, 2.24) is 15.1 Å². The standard InChI is InChI=1S/C14H14FN3O3/c1-18-12(11(8-17-18)14(20)21)13(19)16-7-6-9-2-4-10(15)5-3-9/h2-5,8H,6-7H2,1H3,(H,16,19)(H,20,21). The van der Waals surface area contributed by atoms with Gasteiger partial charge in [-0.05, 0) is 24.1 Å². The molecule has 1 aromatic heterocycles. The van der Waals surface area contributed by atoms with Gasteiger partial charge in [-0.15, -0.1) is 0 Å². The fourth-order valence-corrected chi connectivity index (χ4v) is 1.92. The van der Waals surface area contributed by atoms with Crippen LogP contribution in [0.4, 0.5) is 4.39 Å². The summed E-state index contributed by atoms with van der Waals surface area (Å²) in [6, 6.07) is 5.96. The summed E-state index contributed by atoms with van der Waals surface area (Å²) in [4.78, 5) is 23.0. The largest absolute Gasteiger partial charge is 0.478 e. The van der Waals surface area contributed by atoms with Gasteiger partial charge in [0.15, 0.2) is 0 Å². The zero-order valence-corrected chi connectivity index (χ0v) is 11.3. The highest BCUT2D eigenvalue weighted by molar-refractivity contribution is 6.03. The van der Waals surface area contributed by atoms with Gasteiger partial charge in [0, 0.05) is 13.6 Å². The molecule has 2 rings (SSSR count). The number of halogens is 1. The summed E-state index contributed by atoms with van der Waals surface area (Å²) >= 11 is 0. The van der Waals surface area contributed by atoms with Crippen LogP contribution in [0.25, 0.3) is 0 Å². The summed E-state index contributed by atoms with van der Waals surface area (Å²) in [6.07, 6.45) is 1.66. The van der Waals surface area contributed by atoms with Gasteiger partial charge in [-0.1, -0.05) is 12.1 Å². The van der Waals surface area contributed by atoms with E-state index in [4.69, 9.17) is 5.11 Å².